The fourth-order valence-corrected chi connectivity index (χ4v) is 3.68. The quantitative estimate of drug-likeness (QED) is 0.538. The van der Waals surface area contributed by atoms with E-state index in [2.05, 4.69) is 4.98 Å². The molecule has 3 rings (SSSR count). The lowest BCUT2D eigenvalue weighted by Crippen LogP contribution is -2.33. The molecule has 1 atom stereocenters. The van der Waals surface area contributed by atoms with E-state index in [1.54, 1.807) is 30.5 Å². The number of para-hydroxylation sites is 2. The number of rotatable bonds is 5. The smallest absolute Gasteiger partial charge is 0.340 e. The molecule has 0 saturated heterocycles. The third-order valence-corrected chi connectivity index (χ3v) is 5.72. The van der Waals surface area contributed by atoms with Gasteiger partial charge in [0, 0.05) is 12.7 Å². The Labute approximate surface area is 161 Å². The van der Waals surface area contributed by atoms with Crippen LogP contribution in [0.2, 0.25) is 0 Å². The van der Waals surface area contributed by atoms with Crippen LogP contribution in [0.25, 0.3) is 10.2 Å². The Morgan fingerprint density at radius 2 is 1.96 bits per heavy atom. The van der Waals surface area contributed by atoms with Gasteiger partial charge in [0.15, 0.2) is 6.61 Å². The van der Waals surface area contributed by atoms with E-state index in [4.69, 9.17) is 10.5 Å². The van der Waals surface area contributed by atoms with Crippen LogP contribution in [0.3, 0.4) is 0 Å². The summed E-state index contributed by atoms with van der Waals surface area (Å²) in [5, 5.41) is 0.835. The number of carbonyl (C=O) groups excluding carboxylic acids is 2. The SMILES string of the molecule is Cc1cccc(C(=O)OCC(=O)N(C)[C@H](C)c2nc3ccccc3s2)c1N. The first kappa shape index (κ1) is 18.8. The largest absolute Gasteiger partial charge is 0.452 e. The highest BCUT2D eigenvalue weighted by atomic mass is 32.1. The molecule has 0 aliphatic heterocycles. The van der Waals surface area contributed by atoms with Gasteiger partial charge in [0.2, 0.25) is 0 Å². The number of ether oxygens (including phenoxy) is 1. The van der Waals surface area contributed by atoms with Crippen molar-refractivity contribution in [3.8, 4) is 0 Å². The summed E-state index contributed by atoms with van der Waals surface area (Å²) in [4.78, 5) is 30.8. The van der Waals surface area contributed by atoms with E-state index in [1.165, 1.54) is 4.90 Å². The second kappa shape index (κ2) is 7.75. The Morgan fingerprint density at radius 1 is 1.22 bits per heavy atom. The summed E-state index contributed by atoms with van der Waals surface area (Å²) >= 11 is 1.55. The molecule has 140 valence electrons. The minimum absolute atomic E-state index is 0.224. The fourth-order valence-electron chi connectivity index (χ4n) is 2.62. The zero-order valence-electron chi connectivity index (χ0n) is 15.4. The summed E-state index contributed by atoms with van der Waals surface area (Å²) in [6.07, 6.45) is 0. The molecule has 0 aliphatic carbocycles. The van der Waals surface area contributed by atoms with Crippen molar-refractivity contribution < 1.29 is 14.3 Å². The molecular formula is C20H21N3O3S. The van der Waals surface area contributed by atoms with Crippen molar-refractivity contribution in [2.75, 3.05) is 19.4 Å². The van der Waals surface area contributed by atoms with Gasteiger partial charge in [-0.2, -0.15) is 0 Å². The average Bonchev–Trinajstić information content (AvgIpc) is 3.11. The number of benzene rings is 2. The van der Waals surface area contributed by atoms with E-state index in [0.717, 1.165) is 20.8 Å². The first-order valence-corrected chi connectivity index (χ1v) is 9.33. The monoisotopic (exact) mass is 383 g/mol. The van der Waals surface area contributed by atoms with Crippen LogP contribution in [-0.4, -0.2) is 35.4 Å². The van der Waals surface area contributed by atoms with Gasteiger partial charge in [-0.1, -0.05) is 24.3 Å². The number of aromatic nitrogens is 1. The number of amides is 1. The Morgan fingerprint density at radius 3 is 2.70 bits per heavy atom. The Hall–Kier alpha value is -2.93. The van der Waals surface area contributed by atoms with Crippen LogP contribution in [0, 0.1) is 6.92 Å². The van der Waals surface area contributed by atoms with E-state index in [0.29, 0.717) is 5.69 Å². The second-order valence-electron chi connectivity index (χ2n) is 6.31. The third kappa shape index (κ3) is 3.93. The lowest BCUT2D eigenvalue weighted by molar-refractivity contribution is -0.135. The number of thiazole rings is 1. The first-order valence-electron chi connectivity index (χ1n) is 8.52. The average molecular weight is 383 g/mol. The van der Waals surface area contributed by atoms with Crippen LogP contribution in [0.1, 0.15) is 33.9 Å². The number of aryl methyl sites for hydroxylation is 1. The molecule has 0 radical (unpaired) electrons. The van der Waals surface area contributed by atoms with Crippen molar-refractivity contribution in [1.29, 1.82) is 0 Å². The number of hydrogen-bond donors (Lipinski definition) is 1. The molecule has 0 bridgehead atoms. The minimum Gasteiger partial charge on any atom is -0.452 e. The molecule has 6 nitrogen and oxygen atoms in total. The zero-order chi connectivity index (χ0) is 19.6. The molecule has 27 heavy (non-hydrogen) atoms. The molecule has 3 aromatic rings. The van der Waals surface area contributed by atoms with Crippen LogP contribution >= 0.6 is 11.3 Å². The molecule has 0 aliphatic rings. The van der Waals surface area contributed by atoms with Gasteiger partial charge in [-0.15, -0.1) is 11.3 Å². The molecule has 1 amide bonds. The van der Waals surface area contributed by atoms with Crippen molar-refractivity contribution >= 4 is 39.1 Å². The van der Waals surface area contributed by atoms with Gasteiger partial charge in [0.1, 0.15) is 5.01 Å². The maximum absolute atomic E-state index is 12.5. The molecule has 0 fully saturated rings. The lowest BCUT2D eigenvalue weighted by atomic mass is 10.1. The summed E-state index contributed by atoms with van der Waals surface area (Å²) in [6.45, 7) is 3.36. The van der Waals surface area contributed by atoms with Gasteiger partial charge < -0.3 is 15.4 Å². The van der Waals surface area contributed by atoms with Gasteiger partial charge in [0.05, 0.1) is 21.8 Å². The van der Waals surface area contributed by atoms with E-state index in [9.17, 15) is 9.59 Å². The summed E-state index contributed by atoms with van der Waals surface area (Å²) < 4.78 is 6.24. The Kier molecular flexibility index (Phi) is 5.41. The lowest BCUT2D eigenvalue weighted by Gasteiger charge is -2.23. The molecule has 0 unspecified atom stereocenters. The summed E-state index contributed by atoms with van der Waals surface area (Å²) in [5.41, 5.74) is 8.24. The van der Waals surface area contributed by atoms with Gasteiger partial charge in [-0.3, -0.25) is 4.79 Å². The number of nitrogen functional groups attached to an aromatic ring is 1. The van der Waals surface area contributed by atoms with E-state index >= 15 is 0 Å². The first-order chi connectivity index (χ1) is 12.9. The summed E-state index contributed by atoms with van der Waals surface area (Å²) in [5.74, 6) is -0.910. The van der Waals surface area contributed by atoms with Crippen molar-refractivity contribution in [3.63, 3.8) is 0 Å². The fraction of sp³-hybridized carbons (Fsp3) is 0.250. The number of carbonyl (C=O) groups is 2. The highest BCUT2D eigenvalue weighted by Crippen LogP contribution is 2.28. The van der Waals surface area contributed by atoms with Gasteiger partial charge in [-0.25, -0.2) is 9.78 Å². The molecule has 2 aromatic carbocycles. The van der Waals surface area contributed by atoms with Gasteiger partial charge in [-0.05, 0) is 37.6 Å². The Balaban J connectivity index is 1.64. The predicted molar refractivity (Wildman–Crippen MR) is 107 cm³/mol. The number of anilines is 1. The van der Waals surface area contributed by atoms with Crippen molar-refractivity contribution in [2.45, 2.75) is 19.9 Å². The second-order valence-corrected chi connectivity index (χ2v) is 7.37. The maximum atomic E-state index is 12.5. The molecule has 2 N–H and O–H groups in total. The summed E-state index contributed by atoms with van der Waals surface area (Å²) in [6, 6.07) is 12.7. The number of hydrogen-bond acceptors (Lipinski definition) is 6. The molecule has 0 spiro atoms. The number of nitrogens with zero attached hydrogens (tertiary/aromatic N) is 2. The zero-order valence-corrected chi connectivity index (χ0v) is 16.2. The van der Waals surface area contributed by atoms with E-state index < -0.39 is 5.97 Å². The summed E-state index contributed by atoms with van der Waals surface area (Å²) in [7, 11) is 1.67. The standard InChI is InChI=1S/C20H21N3O3S/c1-12-7-6-8-14(18(12)21)20(25)26-11-17(24)23(3)13(2)19-22-15-9-4-5-10-16(15)27-19/h4-10,13H,11,21H2,1-3H3/t13-/m1/s1. The van der Waals surface area contributed by atoms with E-state index in [-0.39, 0.29) is 24.1 Å². The number of fused-ring (bicyclic) bond motifs is 1. The van der Waals surface area contributed by atoms with Crippen LogP contribution < -0.4 is 5.73 Å². The Bertz CT molecular complexity index is 966. The number of nitrogens with two attached hydrogens (primary N) is 1. The van der Waals surface area contributed by atoms with Crippen LogP contribution in [-0.2, 0) is 9.53 Å². The maximum Gasteiger partial charge on any atom is 0.340 e. The van der Waals surface area contributed by atoms with E-state index in [1.807, 2.05) is 44.2 Å². The van der Waals surface area contributed by atoms with Crippen LogP contribution in [0.5, 0.6) is 0 Å². The molecular weight excluding hydrogens is 362 g/mol. The highest BCUT2D eigenvalue weighted by Gasteiger charge is 2.22. The topological polar surface area (TPSA) is 85.5 Å². The van der Waals surface area contributed by atoms with Crippen molar-refractivity contribution in [1.82, 2.24) is 9.88 Å². The van der Waals surface area contributed by atoms with Gasteiger partial charge in [0.25, 0.3) is 5.91 Å². The number of esters is 1. The molecule has 0 saturated carbocycles. The minimum atomic E-state index is -0.606. The van der Waals surface area contributed by atoms with Crippen LogP contribution in [0.15, 0.2) is 42.5 Å². The highest BCUT2D eigenvalue weighted by molar-refractivity contribution is 7.18. The van der Waals surface area contributed by atoms with Gasteiger partial charge >= 0.3 is 5.97 Å². The third-order valence-electron chi connectivity index (χ3n) is 4.51. The molecule has 7 heteroatoms. The normalized spacial score (nSPS) is 12.0. The van der Waals surface area contributed by atoms with Crippen molar-refractivity contribution in [3.05, 3.63) is 58.6 Å². The molecule has 1 heterocycles. The predicted octanol–water partition coefficient (Wildman–Crippen LogP) is 3.56. The number of likely N-dealkylation sites (N-methyl/N-ethyl adjacent to an activating group) is 1. The molecule has 1 aromatic heterocycles. The van der Waals surface area contributed by atoms with Crippen LogP contribution in [0.4, 0.5) is 5.69 Å². The van der Waals surface area contributed by atoms with Crippen molar-refractivity contribution in [2.24, 2.45) is 0 Å².